The van der Waals surface area contributed by atoms with Crippen molar-refractivity contribution in [2.45, 2.75) is 62.9 Å². The molecule has 8 rings (SSSR count). The number of rotatable bonds is 0. The molecule has 2 heteroatoms. The average Bonchev–Trinajstić information content (AvgIpc) is 3.19. The summed E-state index contributed by atoms with van der Waals surface area (Å²) >= 11 is 0. The van der Waals surface area contributed by atoms with Crippen LogP contribution in [0, 0.1) is 59.2 Å². The predicted octanol–water partition coefficient (Wildman–Crippen LogP) is 3.11. The van der Waals surface area contributed by atoms with Gasteiger partial charge in [-0.05, 0) is 98.7 Å². The molecule has 0 N–H and O–H groups in total. The molecule has 0 unspecified atom stereocenters. The monoisotopic (exact) mass is 298 g/mol. The van der Waals surface area contributed by atoms with Crippen molar-refractivity contribution in [1.29, 1.82) is 0 Å². The van der Waals surface area contributed by atoms with Gasteiger partial charge in [-0.3, -0.25) is 0 Å². The molecule has 118 valence electrons. The van der Waals surface area contributed by atoms with Gasteiger partial charge in [-0.25, -0.2) is 0 Å². The third kappa shape index (κ3) is 0.775. The third-order valence-electron chi connectivity index (χ3n) is 10.7. The fraction of sp³-hybridized carbons (Fsp3) is 1.00. The Morgan fingerprint density at radius 2 is 1.05 bits per heavy atom. The van der Waals surface area contributed by atoms with Gasteiger partial charge in [-0.15, -0.1) is 0 Å². The van der Waals surface area contributed by atoms with Gasteiger partial charge in [-0.2, -0.15) is 0 Å². The number of hydrogen-bond acceptors (Lipinski definition) is 2. The van der Waals surface area contributed by atoms with Crippen LogP contribution in [-0.2, 0) is 9.47 Å². The Bertz CT molecular complexity index is 577. The van der Waals surface area contributed by atoms with Crippen LogP contribution in [0.4, 0.5) is 0 Å². The van der Waals surface area contributed by atoms with Crippen LogP contribution in [-0.4, -0.2) is 23.4 Å². The van der Waals surface area contributed by atoms with E-state index < -0.39 is 0 Å². The lowest BCUT2D eigenvalue weighted by molar-refractivity contribution is -0.109. The highest BCUT2D eigenvalue weighted by molar-refractivity contribution is 5.35. The quantitative estimate of drug-likeness (QED) is 0.684. The van der Waals surface area contributed by atoms with Gasteiger partial charge in [0, 0.05) is 0 Å². The van der Waals surface area contributed by atoms with Gasteiger partial charge in [-0.1, -0.05) is 0 Å². The molecule has 6 saturated carbocycles. The minimum absolute atomic E-state index is 0.253. The lowest BCUT2D eigenvalue weighted by atomic mass is 9.72. The third-order valence-corrected chi connectivity index (χ3v) is 10.7. The predicted molar refractivity (Wildman–Crippen MR) is 79.9 cm³/mol. The maximum atomic E-state index is 6.93. The van der Waals surface area contributed by atoms with E-state index in [1.807, 2.05) is 0 Å². The van der Waals surface area contributed by atoms with E-state index in [2.05, 4.69) is 13.8 Å². The summed E-state index contributed by atoms with van der Waals surface area (Å²) in [5.41, 5.74) is 0.507. The first kappa shape index (κ1) is 11.5. The van der Waals surface area contributed by atoms with Crippen molar-refractivity contribution in [2.75, 3.05) is 0 Å². The largest absolute Gasteiger partial charge is 0.371 e. The lowest BCUT2D eigenvalue weighted by Crippen LogP contribution is -2.42. The first-order valence-corrected chi connectivity index (χ1v) is 10.0. The van der Waals surface area contributed by atoms with E-state index in [1.54, 1.807) is 0 Å². The van der Waals surface area contributed by atoms with Crippen molar-refractivity contribution in [3.05, 3.63) is 0 Å². The van der Waals surface area contributed by atoms with Crippen molar-refractivity contribution >= 4 is 0 Å². The highest BCUT2D eigenvalue weighted by atomic mass is 16.5. The molecule has 0 aromatic rings. The van der Waals surface area contributed by atoms with E-state index in [4.69, 9.17) is 9.47 Å². The molecule has 0 aromatic carbocycles. The van der Waals surface area contributed by atoms with Crippen LogP contribution in [0.3, 0.4) is 0 Å². The molecule has 0 aromatic heterocycles. The minimum atomic E-state index is 0.253. The molecule has 0 spiro atoms. The molecule has 8 aliphatic rings. The van der Waals surface area contributed by atoms with Crippen molar-refractivity contribution in [3.63, 3.8) is 0 Å². The van der Waals surface area contributed by atoms with Crippen molar-refractivity contribution in [1.82, 2.24) is 0 Å². The van der Waals surface area contributed by atoms with Crippen molar-refractivity contribution in [2.24, 2.45) is 59.2 Å². The molecular weight excluding hydrogens is 272 g/mol. The topological polar surface area (TPSA) is 18.5 Å². The van der Waals surface area contributed by atoms with Crippen LogP contribution in [0.25, 0.3) is 0 Å². The molecule has 2 saturated heterocycles. The molecule has 2 heterocycles. The van der Waals surface area contributed by atoms with Crippen LogP contribution in [0.5, 0.6) is 0 Å². The van der Waals surface area contributed by atoms with Crippen LogP contribution < -0.4 is 0 Å². The van der Waals surface area contributed by atoms with E-state index in [-0.39, 0.29) is 11.2 Å². The zero-order valence-electron chi connectivity index (χ0n) is 13.6. The van der Waals surface area contributed by atoms with E-state index in [9.17, 15) is 0 Å². The molecule has 8 fully saturated rings. The normalized spacial score (nSPS) is 83.2. The number of ether oxygens (including phenoxy) is 2. The van der Waals surface area contributed by atoms with Crippen molar-refractivity contribution in [3.8, 4) is 0 Å². The zero-order valence-corrected chi connectivity index (χ0v) is 13.6. The smallest absolute Gasteiger partial charge is 0.0726 e. The van der Waals surface area contributed by atoms with E-state index in [0.29, 0.717) is 12.2 Å². The van der Waals surface area contributed by atoms with Gasteiger partial charge in [0.15, 0.2) is 0 Å². The fourth-order valence-corrected chi connectivity index (χ4v) is 11.2. The van der Waals surface area contributed by atoms with E-state index in [1.165, 1.54) is 25.7 Å². The summed E-state index contributed by atoms with van der Waals surface area (Å²) in [5.74, 6) is 9.21. The van der Waals surface area contributed by atoms with Gasteiger partial charge in [0.2, 0.25) is 0 Å². The van der Waals surface area contributed by atoms with Gasteiger partial charge in [0.05, 0.1) is 23.4 Å². The summed E-state index contributed by atoms with van der Waals surface area (Å²) in [6.45, 7) is 5.12. The van der Waals surface area contributed by atoms with Gasteiger partial charge in [0.25, 0.3) is 0 Å². The van der Waals surface area contributed by atoms with Gasteiger partial charge < -0.3 is 9.47 Å². The van der Waals surface area contributed by atoms with Gasteiger partial charge >= 0.3 is 0 Å². The Morgan fingerprint density at radius 3 is 1.50 bits per heavy atom. The molecule has 0 radical (unpaired) electrons. The van der Waals surface area contributed by atoms with Crippen LogP contribution in [0.1, 0.15) is 39.5 Å². The second-order valence-electron chi connectivity index (χ2n) is 10.6. The Hall–Kier alpha value is -0.0800. The summed E-state index contributed by atoms with van der Waals surface area (Å²) in [6, 6.07) is 0. The molecule has 6 aliphatic carbocycles. The molecule has 14 atom stereocenters. The van der Waals surface area contributed by atoms with E-state index >= 15 is 0 Å². The second kappa shape index (κ2) is 2.86. The lowest BCUT2D eigenvalue weighted by Gasteiger charge is -2.36. The molecule has 0 amide bonds. The minimum Gasteiger partial charge on any atom is -0.371 e. The molecule has 0 bridgehead atoms. The van der Waals surface area contributed by atoms with Crippen LogP contribution in [0.15, 0.2) is 0 Å². The first-order valence-electron chi connectivity index (χ1n) is 10.0. The summed E-state index contributed by atoms with van der Waals surface area (Å²) in [5, 5.41) is 0. The van der Waals surface area contributed by atoms with Crippen LogP contribution in [0.2, 0.25) is 0 Å². The number of fused-ring (bicyclic) bond motifs is 4. The average molecular weight is 298 g/mol. The zero-order chi connectivity index (χ0) is 14.2. The highest BCUT2D eigenvalue weighted by Gasteiger charge is 2.88. The molecule has 22 heavy (non-hydrogen) atoms. The Kier molecular flexibility index (Phi) is 1.49. The standard InChI is InChI=1S/C20H26O2/c1-19-15-7-3-6-10-12(7)18-13(15)14-16(20(18,2)22-10)8-4-5-9(21-19)11(8)17(14)19/h7-18H,3-6H2,1-2H3/t7-,8-,9-,10+,11+,12+,13-,14-,15+,16+,17-,18+,19-,20-/m1/s1. The molecular formula is C20H26O2. The maximum Gasteiger partial charge on any atom is 0.0726 e. The van der Waals surface area contributed by atoms with Crippen LogP contribution >= 0.6 is 0 Å². The Labute approximate surface area is 132 Å². The summed E-state index contributed by atoms with van der Waals surface area (Å²) in [6.07, 6.45) is 6.80. The Balaban J connectivity index is 1.46. The van der Waals surface area contributed by atoms with Crippen molar-refractivity contribution < 1.29 is 9.47 Å². The molecule has 2 aliphatic heterocycles. The number of hydrogen-bond donors (Lipinski definition) is 0. The summed E-state index contributed by atoms with van der Waals surface area (Å²) in [4.78, 5) is 0. The van der Waals surface area contributed by atoms with Gasteiger partial charge in [0.1, 0.15) is 0 Å². The Morgan fingerprint density at radius 1 is 0.591 bits per heavy atom. The second-order valence-corrected chi connectivity index (χ2v) is 10.6. The summed E-state index contributed by atoms with van der Waals surface area (Å²) in [7, 11) is 0. The maximum absolute atomic E-state index is 6.93. The van der Waals surface area contributed by atoms with E-state index in [0.717, 1.165) is 59.2 Å². The summed E-state index contributed by atoms with van der Waals surface area (Å²) < 4.78 is 13.9. The first-order chi connectivity index (χ1) is 10.6. The highest BCUT2D eigenvalue weighted by Crippen LogP contribution is 2.86. The fourth-order valence-electron chi connectivity index (χ4n) is 11.2. The molecule has 2 nitrogen and oxygen atoms in total. The SMILES string of the molecule is C[C@]12O[C@@H]3CC[C@@H]4[C@@H]3[C@@H]1[C@@H]1[C@H]3[C@@H]5[C@H]6[C@@H](CC[C@@H]6O[C@]5(C)[C@@H]41)[C@@H]32.